The first kappa shape index (κ1) is 36.3. The molecule has 7 nitrogen and oxygen atoms in total. The van der Waals surface area contributed by atoms with Crippen LogP contribution in [0.5, 0.6) is 0 Å². The minimum Gasteiger partial charge on any atom is -0.466 e. The lowest BCUT2D eigenvalue weighted by Gasteiger charge is -2.37. The van der Waals surface area contributed by atoms with E-state index >= 15 is 0 Å². The van der Waals surface area contributed by atoms with Gasteiger partial charge in [-0.2, -0.15) is 0 Å². The van der Waals surface area contributed by atoms with Gasteiger partial charge < -0.3 is 28.8 Å². The zero-order chi connectivity index (χ0) is 32.0. The highest BCUT2D eigenvalue weighted by Gasteiger charge is 2.50. The Kier molecular flexibility index (Phi) is 15.6. The van der Waals surface area contributed by atoms with Gasteiger partial charge in [-0.05, 0) is 134 Å². The van der Waals surface area contributed by atoms with Crippen molar-refractivity contribution in [3.05, 3.63) is 35.5 Å². The number of carbonyl (C=O) groups excluding carboxylic acids is 1. The van der Waals surface area contributed by atoms with Crippen LogP contribution in [0.15, 0.2) is 35.5 Å². The van der Waals surface area contributed by atoms with Gasteiger partial charge in [-0.25, -0.2) is 0 Å². The van der Waals surface area contributed by atoms with Crippen LogP contribution in [0.1, 0.15) is 118 Å². The number of rotatable bonds is 18. The molecule has 1 saturated carbocycles. The molecule has 0 bridgehead atoms. The third-order valence-electron chi connectivity index (χ3n) is 10.4. The quantitative estimate of drug-likeness (QED) is 0.0932. The average molecular weight is 631 g/mol. The van der Waals surface area contributed by atoms with Crippen LogP contribution in [-0.2, 0) is 28.5 Å². The Morgan fingerprint density at radius 2 is 1.80 bits per heavy atom. The van der Waals surface area contributed by atoms with Gasteiger partial charge >= 0.3 is 5.97 Å². The molecule has 0 amide bonds. The first-order valence-electron chi connectivity index (χ1n) is 18.1. The van der Waals surface area contributed by atoms with Crippen molar-refractivity contribution in [3.8, 4) is 0 Å². The van der Waals surface area contributed by atoms with Gasteiger partial charge in [0.2, 0.25) is 0 Å². The number of hydrogen-bond acceptors (Lipinski definition) is 7. The summed E-state index contributed by atoms with van der Waals surface area (Å²) >= 11 is 0. The zero-order valence-corrected chi connectivity index (χ0v) is 28.6. The predicted molar refractivity (Wildman–Crippen MR) is 177 cm³/mol. The Labute approximate surface area is 273 Å². The zero-order valence-electron chi connectivity index (χ0n) is 28.6. The van der Waals surface area contributed by atoms with Crippen molar-refractivity contribution in [2.45, 2.75) is 142 Å². The van der Waals surface area contributed by atoms with E-state index in [4.69, 9.17) is 23.7 Å². The van der Waals surface area contributed by atoms with Crippen LogP contribution in [0.2, 0.25) is 0 Å². The fourth-order valence-corrected chi connectivity index (χ4v) is 8.23. The van der Waals surface area contributed by atoms with Crippen molar-refractivity contribution in [1.29, 1.82) is 0 Å². The number of carbonyl (C=O) groups is 1. The van der Waals surface area contributed by atoms with Gasteiger partial charge in [-0.15, -0.1) is 0 Å². The fraction of sp³-hybridized carbons (Fsp3) is 0.816. The molecule has 0 radical (unpaired) electrons. The van der Waals surface area contributed by atoms with E-state index in [-0.39, 0.29) is 43.3 Å². The summed E-state index contributed by atoms with van der Waals surface area (Å²) < 4.78 is 30.8. The molecule has 2 aliphatic carbocycles. The lowest BCUT2D eigenvalue weighted by atomic mass is 9.74. The Morgan fingerprint density at radius 3 is 2.44 bits per heavy atom. The third-order valence-corrected chi connectivity index (χ3v) is 10.4. The highest BCUT2D eigenvalue weighted by molar-refractivity contribution is 5.65. The van der Waals surface area contributed by atoms with Crippen molar-refractivity contribution in [2.24, 2.45) is 29.6 Å². The largest absolute Gasteiger partial charge is 0.466 e. The maximum absolute atomic E-state index is 11.1. The smallest absolute Gasteiger partial charge is 0.302 e. The fourth-order valence-electron chi connectivity index (χ4n) is 8.23. The molecule has 2 saturated heterocycles. The van der Waals surface area contributed by atoms with Crippen LogP contribution >= 0.6 is 0 Å². The number of hydrogen-bond donors (Lipinski definition) is 1. The summed E-state index contributed by atoms with van der Waals surface area (Å²) in [6.45, 7) is 10.1. The first-order chi connectivity index (χ1) is 21.9. The summed E-state index contributed by atoms with van der Waals surface area (Å²) in [7, 11) is 0. The van der Waals surface area contributed by atoms with E-state index in [0.29, 0.717) is 30.3 Å². The summed E-state index contributed by atoms with van der Waals surface area (Å²) in [5, 5.41) is 10.4. The maximum Gasteiger partial charge on any atom is 0.302 e. The van der Waals surface area contributed by atoms with Gasteiger partial charge in [0.05, 0.1) is 18.8 Å². The molecule has 0 aromatic rings. The Balaban J connectivity index is 1.52. The standard InChI is InChI=1S/C38H62O7/c1-5-13-33(44-36-17-7-10-20-42-36)23-29(16-12-14-27(2)3)38-34-24-31(30(26-39)15-6-9-19-41-28(4)40)22-32(34)25-35(38)45-37-18-8-11-21-43-37/h5,13-14,22,29-30,32-39H,6-12,15-21,23-26H2,1-4H3. The SMILES string of the molecule is CC=CC(CC(CCC=C(C)C)C1C(OC2CCCCO2)CC2C=C(C(CO)CCCCOC(C)=O)CC21)OC1CCCCO1. The van der Waals surface area contributed by atoms with Crippen molar-refractivity contribution >= 4 is 5.97 Å². The molecule has 2 aliphatic heterocycles. The summed E-state index contributed by atoms with van der Waals surface area (Å²) in [5.41, 5.74) is 2.78. The number of esters is 1. The molecular formula is C38H62O7. The predicted octanol–water partition coefficient (Wildman–Crippen LogP) is 8.06. The monoisotopic (exact) mass is 630 g/mol. The van der Waals surface area contributed by atoms with E-state index < -0.39 is 0 Å². The molecule has 0 spiro atoms. The lowest BCUT2D eigenvalue weighted by molar-refractivity contribution is -0.203. The van der Waals surface area contributed by atoms with E-state index in [2.05, 4.69) is 45.1 Å². The molecule has 1 N–H and O–H groups in total. The molecular weight excluding hydrogens is 568 g/mol. The molecule has 9 atom stereocenters. The molecule has 7 heteroatoms. The van der Waals surface area contributed by atoms with Crippen LogP contribution in [0.4, 0.5) is 0 Å². The maximum atomic E-state index is 11.1. The molecule has 9 unspecified atom stereocenters. The van der Waals surface area contributed by atoms with E-state index in [9.17, 15) is 9.90 Å². The second kappa shape index (κ2) is 19.3. The number of aliphatic hydroxyl groups is 1. The topological polar surface area (TPSA) is 83.5 Å². The highest BCUT2D eigenvalue weighted by Crippen LogP contribution is 2.54. The highest BCUT2D eigenvalue weighted by atomic mass is 16.7. The van der Waals surface area contributed by atoms with Crippen molar-refractivity contribution in [3.63, 3.8) is 0 Å². The van der Waals surface area contributed by atoms with Crippen molar-refractivity contribution in [2.75, 3.05) is 26.4 Å². The van der Waals surface area contributed by atoms with Crippen molar-refractivity contribution in [1.82, 2.24) is 0 Å². The van der Waals surface area contributed by atoms with Crippen LogP contribution in [-0.4, -0.2) is 62.3 Å². The normalized spacial score (nSPS) is 30.5. The summed E-state index contributed by atoms with van der Waals surface area (Å²) in [5.74, 6) is 1.72. The average Bonchev–Trinajstić information content (AvgIpc) is 3.57. The number of aliphatic hydroxyl groups excluding tert-OH is 1. The van der Waals surface area contributed by atoms with Crippen molar-refractivity contribution < 1.29 is 33.6 Å². The van der Waals surface area contributed by atoms with Crippen LogP contribution in [0.3, 0.4) is 0 Å². The number of allylic oxidation sites excluding steroid dienone is 4. The van der Waals surface area contributed by atoms with E-state index in [0.717, 1.165) is 103 Å². The second-order valence-corrected chi connectivity index (χ2v) is 14.1. The molecule has 4 rings (SSSR count). The Hall–Kier alpha value is -1.51. The summed E-state index contributed by atoms with van der Waals surface area (Å²) in [6.07, 6.45) is 23.5. The number of unbranched alkanes of at least 4 members (excludes halogenated alkanes) is 1. The Bertz CT molecular complexity index is 957. The second-order valence-electron chi connectivity index (χ2n) is 14.1. The summed E-state index contributed by atoms with van der Waals surface area (Å²) in [4.78, 5) is 11.1. The molecule has 0 aromatic carbocycles. The molecule has 256 valence electrons. The van der Waals surface area contributed by atoms with E-state index in [1.54, 1.807) is 0 Å². The van der Waals surface area contributed by atoms with Crippen LogP contribution in [0.25, 0.3) is 0 Å². The third kappa shape index (κ3) is 11.6. The molecule has 3 fully saturated rings. The molecule has 0 aromatic heterocycles. The van der Waals surface area contributed by atoms with E-state index in [1.165, 1.54) is 18.1 Å². The van der Waals surface area contributed by atoms with Gasteiger partial charge in [0.15, 0.2) is 12.6 Å². The van der Waals surface area contributed by atoms with E-state index in [1.807, 2.05) is 0 Å². The minimum atomic E-state index is -0.228. The van der Waals surface area contributed by atoms with Crippen LogP contribution in [0, 0.1) is 29.6 Å². The summed E-state index contributed by atoms with van der Waals surface area (Å²) in [6, 6.07) is 0. The molecule has 4 aliphatic rings. The van der Waals surface area contributed by atoms with Gasteiger partial charge in [0.1, 0.15) is 0 Å². The van der Waals surface area contributed by atoms with Gasteiger partial charge in [0.25, 0.3) is 0 Å². The van der Waals surface area contributed by atoms with Gasteiger partial charge in [-0.3, -0.25) is 4.79 Å². The number of fused-ring (bicyclic) bond motifs is 1. The molecule has 2 heterocycles. The van der Waals surface area contributed by atoms with Gasteiger partial charge in [0, 0.05) is 32.7 Å². The van der Waals surface area contributed by atoms with Gasteiger partial charge in [-0.1, -0.05) is 35.5 Å². The first-order valence-corrected chi connectivity index (χ1v) is 18.1. The van der Waals surface area contributed by atoms with Crippen LogP contribution < -0.4 is 0 Å². The number of ether oxygens (including phenoxy) is 5. The molecule has 45 heavy (non-hydrogen) atoms. The lowest BCUT2D eigenvalue weighted by Crippen LogP contribution is -2.37. The minimum absolute atomic E-state index is 0.0108. The Morgan fingerprint density at radius 1 is 1.04 bits per heavy atom.